The van der Waals surface area contributed by atoms with Gasteiger partial charge in [-0.1, -0.05) is 79.0 Å². The van der Waals surface area contributed by atoms with Crippen molar-refractivity contribution in [2.24, 2.45) is 11.8 Å². The Bertz CT molecular complexity index is 638. The second-order valence-electron chi connectivity index (χ2n) is 7.33. The van der Waals surface area contributed by atoms with Crippen LogP contribution in [0.25, 0.3) is 6.08 Å². The molecule has 2 atom stereocenters. The summed E-state index contributed by atoms with van der Waals surface area (Å²) in [4.78, 5) is 0. The zero-order valence-corrected chi connectivity index (χ0v) is 13.6. The highest BCUT2D eigenvalue weighted by Crippen LogP contribution is 2.46. The zero-order chi connectivity index (χ0) is 14.9. The molecular formula is C22H26. The molecule has 0 amide bonds. The largest absolute Gasteiger partial charge is 0.0733 e. The lowest BCUT2D eigenvalue weighted by Gasteiger charge is -2.36. The molecule has 0 saturated heterocycles. The van der Waals surface area contributed by atoms with E-state index in [9.17, 15) is 0 Å². The average molecular weight is 290 g/mol. The summed E-state index contributed by atoms with van der Waals surface area (Å²) in [6, 6.07) is 9.13. The Balaban J connectivity index is 1.70. The van der Waals surface area contributed by atoms with Crippen molar-refractivity contribution in [2.75, 3.05) is 0 Å². The van der Waals surface area contributed by atoms with Crippen LogP contribution in [0.5, 0.6) is 0 Å². The van der Waals surface area contributed by atoms with Gasteiger partial charge in [0.05, 0.1) is 0 Å². The molecule has 3 aliphatic rings. The number of fused-ring (bicyclic) bond motifs is 1. The third kappa shape index (κ3) is 2.49. The summed E-state index contributed by atoms with van der Waals surface area (Å²) < 4.78 is 0. The Kier molecular flexibility index (Phi) is 3.78. The van der Waals surface area contributed by atoms with E-state index in [1.165, 1.54) is 49.7 Å². The van der Waals surface area contributed by atoms with Crippen LogP contribution in [0.4, 0.5) is 0 Å². The molecule has 0 spiro atoms. The first-order chi connectivity index (χ1) is 10.8. The Hall–Kier alpha value is -1.56. The van der Waals surface area contributed by atoms with E-state index < -0.39 is 0 Å². The van der Waals surface area contributed by atoms with Crippen LogP contribution < -0.4 is 0 Å². The van der Waals surface area contributed by atoms with Gasteiger partial charge in [0, 0.05) is 5.92 Å². The minimum absolute atomic E-state index is 0.555. The van der Waals surface area contributed by atoms with Crippen LogP contribution >= 0.6 is 0 Å². The lowest BCUT2D eigenvalue weighted by molar-refractivity contribution is 0.299. The van der Waals surface area contributed by atoms with E-state index in [1.54, 1.807) is 11.1 Å². The zero-order valence-electron chi connectivity index (χ0n) is 13.6. The number of rotatable bonds is 2. The van der Waals surface area contributed by atoms with Crippen LogP contribution in [0.3, 0.4) is 0 Å². The van der Waals surface area contributed by atoms with Gasteiger partial charge in [-0.3, -0.25) is 0 Å². The van der Waals surface area contributed by atoms with Crippen LogP contribution in [0.15, 0.2) is 53.6 Å². The molecule has 1 fully saturated rings. The maximum atomic E-state index is 2.48. The fourth-order valence-corrected chi connectivity index (χ4v) is 4.77. The standard InChI is InChI=1S/C22H26/c1-16-8-7-13-20(16)19-14-18-11-5-6-12-21(18)22(15-19)17-9-3-2-4-10-17/h5-8,11-14,17,20,22H,2-4,9-10,15H2,1H3. The predicted octanol–water partition coefficient (Wildman–Crippen LogP) is 6.27. The highest BCUT2D eigenvalue weighted by molar-refractivity contribution is 5.63. The van der Waals surface area contributed by atoms with Gasteiger partial charge < -0.3 is 0 Å². The molecule has 3 aliphatic carbocycles. The quantitative estimate of drug-likeness (QED) is 0.602. The van der Waals surface area contributed by atoms with Crippen LogP contribution in [-0.4, -0.2) is 0 Å². The summed E-state index contributed by atoms with van der Waals surface area (Å²) in [6.45, 7) is 2.28. The topological polar surface area (TPSA) is 0 Å². The highest BCUT2D eigenvalue weighted by Gasteiger charge is 2.31. The molecular weight excluding hydrogens is 264 g/mol. The normalized spacial score (nSPS) is 28.2. The molecule has 0 bridgehead atoms. The molecule has 0 heterocycles. The Morgan fingerprint density at radius 2 is 1.82 bits per heavy atom. The smallest absolute Gasteiger partial charge is 0.0194 e. The van der Waals surface area contributed by atoms with Gasteiger partial charge in [0.25, 0.3) is 0 Å². The minimum atomic E-state index is 0.555. The van der Waals surface area contributed by atoms with E-state index in [4.69, 9.17) is 0 Å². The first-order valence-electron chi connectivity index (χ1n) is 8.97. The predicted molar refractivity (Wildman–Crippen MR) is 94.7 cm³/mol. The SMILES string of the molecule is CC1=CC=CC1C1=Cc2ccccc2C(C2CCCCC2)C1. The number of benzene rings is 1. The van der Waals surface area contributed by atoms with Gasteiger partial charge in [-0.15, -0.1) is 0 Å². The number of allylic oxidation sites excluding steroid dienone is 5. The average Bonchev–Trinajstić information content (AvgIpc) is 3.01. The monoisotopic (exact) mass is 290 g/mol. The number of hydrogen-bond acceptors (Lipinski definition) is 0. The first-order valence-corrected chi connectivity index (χ1v) is 8.97. The van der Waals surface area contributed by atoms with Crippen molar-refractivity contribution in [3.8, 4) is 0 Å². The van der Waals surface area contributed by atoms with Crippen LogP contribution in [0, 0.1) is 11.8 Å². The summed E-state index contributed by atoms with van der Waals surface area (Å²) in [5, 5.41) is 0. The molecule has 1 aromatic carbocycles. The molecule has 2 unspecified atom stereocenters. The Morgan fingerprint density at radius 1 is 1.00 bits per heavy atom. The molecule has 0 aromatic heterocycles. The summed E-state index contributed by atoms with van der Waals surface area (Å²) in [7, 11) is 0. The molecule has 0 nitrogen and oxygen atoms in total. The van der Waals surface area contributed by atoms with Crippen molar-refractivity contribution >= 4 is 6.08 Å². The van der Waals surface area contributed by atoms with Gasteiger partial charge in [-0.05, 0) is 49.1 Å². The lowest BCUT2D eigenvalue weighted by Crippen LogP contribution is -2.21. The van der Waals surface area contributed by atoms with Crippen molar-refractivity contribution in [3.63, 3.8) is 0 Å². The lowest BCUT2D eigenvalue weighted by atomic mass is 9.69. The minimum Gasteiger partial charge on any atom is -0.0733 e. The van der Waals surface area contributed by atoms with E-state index in [2.05, 4.69) is 55.5 Å². The van der Waals surface area contributed by atoms with Crippen molar-refractivity contribution in [1.29, 1.82) is 0 Å². The maximum absolute atomic E-state index is 2.48. The molecule has 1 saturated carbocycles. The van der Waals surface area contributed by atoms with E-state index in [1.807, 2.05) is 0 Å². The Morgan fingerprint density at radius 3 is 2.59 bits per heavy atom. The molecule has 4 rings (SSSR count). The third-order valence-corrected chi connectivity index (χ3v) is 5.96. The summed E-state index contributed by atoms with van der Waals surface area (Å²) in [6.07, 6.45) is 17.8. The summed E-state index contributed by atoms with van der Waals surface area (Å²) in [5.74, 6) is 2.20. The van der Waals surface area contributed by atoms with Crippen LogP contribution in [-0.2, 0) is 0 Å². The molecule has 0 N–H and O–H groups in total. The van der Waals surface area contributed by atoms with E-state index >= 15 is 0 Å². The summed E-state index contributed by atoms with van der Waals surface area (Å²) in [5.41, 5.74) is 6.24. The van der Waals surface area contributed by atoms with Gasteiger partial charge in [0.1, 0.15) is 0 Å². The van der Waals surface area contributed by atoms with Crippen LogP contribution in [0.2, 0.25) is 0 Å². The molecule has 1 aromatic rings. The molecule has 22 heavy (non-hydrogen) atoms. The van der Waals surface area contributed by atoms with Gasteiger partial charge in [0.2, 0.25) is 0 Å². The first kappa shape index (κ1) is 14.1. The molecule has 0 radical (unpaired) electrons. The second-order valence-corrected chi connectivity index (χ2v) is 7.33. The number of hydrogen-bond donors (Lipinski definition) is 0. The Labute approximate surface area is 134 Å². The van der Waals surface area contributed by atoms with Crippen molar-refractivity contribution < 1.29 is 0 Å². The van der Waals surface area contributed by atoms with Gasteiger partial charge in [-0.25, -0.2) is 0 Å². The van der Waals surface area contributed by atoms with Gasteiger partial charge >= 0.3 is 0 Å². The summed E-state index contributed by atoms with van der Waals surface area (Å²) >= 11 is 0. The van der Waals surface area contributed by atoms with E-state index in [0.29, 0.717) is 5.92 Å². The van der Waals surface area contributed by atoms with Crippen molar-refractivity contribution in [2.45, 2.75) is 51.4 Å². The fraction of sp³-hybridized carbons (Fsp3) is 0.455. The molecule has 0 heteroatoms. The van der Waals surface area contributed by atoms with Crippen molar-refractivity contribution in [3.05, 3.63) is 64.8 Å². The maximum Gasteiger partial charge on any atom is 0.0194 e. The fourth-order valence-electron chi connectivity index (χ4n) is 4.77. The van der Waals surface area contributed by atoms with Crippen molar-refractivity contribution in [1.82, 2.24) is 0 Å². The second kappa shape index (κ2) is 5.91. The van der Waals surface area contributed by atoms with Gasteiger partial charge in [0.15, 0.2) is 0 Å². The molecule has 0 aliphatic heterocycles. The van der Waals surface area contributed by atoms with E-state index in [-0.39, 0.29) is 0 Å². The van der Waals surface area contributed by atoms with Crippen LogP contribution in [0.1, 0.15) is 62.5 Å². The third-order valence-electron chi connectivity index (χ3n) is 5.96. The van der Waals surface area contributed by atoms with E-state index in [0.717, 1.165) is 11.8 Å². The highest BCUT2D eigenvalue weighted by atomic mass is 14.4. The molecule has 114 valence electrons. The van der Waals surface area contributed by atoms with Gasteiger partial charge in [-0.2, -0.15) is 0 Å².